The van der Waals surface area contributed by atoms with Gasteiger partial charge in [0.1, 0.15) is 11.4 Å². The molecule has 6 heteroatoms. The highest BCUT2D eigenvalue weighted by atomic mass is 16.5. The number of aromatic nitrogens is 2. The standard InChI is InChI=1S/C20H20N4O2/c1-14-12-18(19(25)23-16-8-10-17(26-2)11-9-16)24-20(22-14)21-13-15-6-4-3-5-7-15/h3-12H,13H2,1-2H3,(H,23,25)(H,21,22,24). The summed E-state index contributed by atoms with van der Waals surface area (Å²) in [7, 11) is 1.60. The Balaban J connectivity index is 1.70. The fourth-order valence-corrected chi connectivity index (χ4v) is 2.41. The van der Waals surface area contributed by atoms with Gasteiger partial charge in [0, 0.05) is 17.9 Å². The smallest absolute Gasteiger partial charge is 0.274 e. The topological polar surface area (TPSA) is 76.1 Å². The molecule has 0 unspecified atom stereocenters. The van der Waals surface area contributed by atoms with Gasteiger partial charge >= 0.3 is 0 Å². The van der Waals surface area contributed by atoms with Crippen molar-refractivity contribution >= 4 is 17.5 Å². The van der Waals surface area contributed by atoms with Crippen molar-refractivity contribution in [3.63, 3.8) is 0 Å². The monoisotopic (exact) mass is 348 g/mol. The van der Waals surface area contributed by atoms with Crippen molar-refractivity contribution in [1.29, 1.82) is 0 Å². The third kappa shape index (κ3) is 4.57. The van der Waals surface area contributed by atoms with E-state index in [1.807, 2.05) is 37.3 Å². The molecule has 2 aromatic carbocycles. The molecule has 1 heterocycles. The SMILES string of the molecule is COc1ccc(NC(=O)c2cc(C)nc(NCc3ccccc3)n2)cc1. The number of benzene rings is 2. The van der Waals surface area contributed by atoms with Crippen LogP contribution in [0.1, 0.15) is 21.7 Å². The lowest BCUT2D eigenvalue weighted by atomic mass is 10.2. The lowest BCUT2D eigenvalue weighted by Crippen LogP contribution is -2.16. The summed E-state index contributed by atoms with van der Waals surface area (Å²) in [5, 5.41) is 5.98. The third-order valence-corrected chi connectivity index (χ3v) is 3.73. The van der Waals surface area contributed by atoms with Crippen LogP contribution in [0.4, 0.5) is 11.6 Å². The average Bonchev–Trinajstić information content (AvgIpc) is 2.67. The second-order valence-electron chi connectivity index (χ2n) is 5.74. The number of hydrogen-bond donors (Lipinski definition) is 2. The molecule has 0 saturated carbocycles. The van der Waals surface area contributed by atoms with Crippen molar-refractivity contribution in [2.75, 3.05) is 17.7 Å². The third-order valence-electron chi connectivity index (χ3n) is 3.73. The molecular weight excluding hydrogens is 328 g/mol. The Labute approximate surface area is 152 Å². The zero-order valence-corrected chi connectivity index (χ0v) is 14.7. The summed E-state index contributed by atoms with van der Waals surface area (Å²) in [4.78, 5) is 21.1. The number of hydrogen-bond acceptors (Lipinski definition) is 5. The maximum Gasteiger partial charge on any atom is 0.274 e. The molecular formula is C20H20N4O2. The van der Waals surface area contributed by atoms with Crippen LogP contribution in [0.3, 0.4) is 0 Å². The molecule has 1 aromatic heterocycles. The van der Waals surface area contributed by atoms with Gasteiger partial charge < -0.3 is 15.4 Å². The van der Waals surface area contributed by atoms with Gasteiger partial charge in [-0.15, -0.1) is 0 Å². The number of rotatable bonds is 6. The molecule has 0 aliphatic heterocycles. The molecule has 3 aromatic rings. The van der Waals surface area contributed by atoms with Crippen molar-refractivity contribution in [2.45, 2.75) is 13.5 Å². The minimum atomic E-state index is -0.288. The summed E-state index contributed by atoms with van der Waals surface area (Å²) in [5.74, 6) is 0.866. The molecule has 3 rings (SSSR count). The first-order chi connectivity index (χ1) is 12.6. The van der Waals surface area contributed by atoms with Crippen molar-refractivity contribution < 1.29 is 9.53 Å². The van der Waals surface area contributed by atoms with E-state index in [0.717, 1.165) is 17.0 Å². The largest absolute Gasteiger partial charge is 0.497 e. The van der Waals surface area contributed by atoms with Gasteiger partial charge in [0.15, 0.2) is 0 Å². The second kappa shape index (κ2) is 8.11. The van der Waals surface area contributed by atoms with Gasteiger partial charge in [-0.3, -0.25) is 4.79 Å². The van der Waals surface area contributed by atoms with Crippen LogP contribution in [0.5, 0.6) is 5.75 Å². The molecule has 132 valence electrons. The Hall–Kier alpha value is -3.41. The number of amides is 1. The van der Waals surface area contributed by atoms with Crippen LogP contribution in [-0.4, -0.2) is 23.0 Å². The Morgan fingerprint density at radius 2 is 1.77 bits per heavy atom. The predicted octanol–water partition coefficient (Wildman–Crippen LogP) is 3.66. The molecule has 0 atom stereocenters. The number of methoxy groups -OCH3 is 1. The first-order valence-corrected chi connectivity index (χ1v) is 8.23. The van der Waals surface area contributed by atoms with Crippen LogP contribution in [0, 0.1) is 6.92 Å². The zero-order chi connectivity index (χ0) is 18.4. The number of carbonyl (C=O) groups is 1. The summed E-state index contributed by atoms with van der Waals surface area (Å²) >= 11 is 0. The van der Waals surface area contributed by atoms with Crippen molar-refractivity contribution in [1.82, 2.24) is 9.97 Å². The van der Waals surface area contributed by atoms with Crippen LogP contribution in [0.15, 0.2) is 60.7 Å². The first-order valence-electron chi connectivity index (χ1n) is 8.23. The fourth-order valence-electron chi connectivity index (χ4n) is 2.41. The second-order valence-corrected chi connectivity index (χ2v) is 5.74. The predicted molar refractivity (Wildman–Crippen MR) is 101 cm³/mol. The van der Waals surface area contributed by atoms with E-state index in [2.05, 4.69) is 20.6 Å². The quantitative estimate of drug-likeness (QED) is 0.711. The number of nitrogens with zero attached hydrogens (tertiary/aromatic N) is 2. The number of ether oxygens (including phenoxy) is 1. The van der Waals surface area contributed by atoms with Gasteiger partial charge in [0.25, 0.3) is 5.91 Å². The maximum absolute atomic E-state index is 12.5. The minimum absolute atomic E-state index is 0.288. The van der Waals surface area contributed by atoms with E-state index in [9.17, 15) is 4.79 Å². The van der Waals surface area contributed by atoms with Gasteiger partial charge in [-0.25, -0.2) is 9.97 Å². The van der Waals surface area contributed by atoms with Gasteiger partial charge in [0.05, 0.1) is 7.11 Å². The Morgan fingerprint density at radius 3 is 2.46 bits per heavy atom. The van der Waals surface area contributed by atoms with E-state index in [-0.39, 0.29) is 5.91 Å². The lowest BCUT2D eigenvalue weighted by Gasteiger charge is -2.09. The highest BCUT2D eigenvalue weighted by Crippen LogP contribution is 2.16. The van der Waals surface area contributed by atoms with E-state index in [1.165, 1.54) is 0 Å². The average molecular weight is 348 g/mol. The summed E-state index contributed by atoms with van der Waals surface area (Å²) in [6.45, 7) is 2.42. The molecule has 0 saturated heterocycles. The summed E-state index contributed by atoms with van der Waals surface area (Å²) in [6.07, 6.45) is 0. The summed E-state index contributed by atoms with van der Waals surface area (Å²) in [6, 6.07) is 18.7. The molecule has 0 aliphatic carbocycles. The number of aryl methyl sites for hydroxylation is 1. The van der Waals surface area contributed by atoms with Crippen LogP contribution >= 0.6 is 0 Å². The van der Waals surface area contributed by atoms with E-state index >= 15 is 0 Å². The zero-order valence-electron chi connectivity index (χ0n) is 14.7. The number of carbonyl (C=O) groups excluding carboxylic acids is 1. The van der Waals surface area contributed by atoms with Crippen molar-refractivity contribution in [3.05, 3.63) is 77.6 Å². The molecule has 0 radical (unpaired) electrons. The van der Waals surface area contributed by atoms with Crippen LogP contribution < -0.4 is 15.4 Å². The lowest BCUT2D eigenvalue weighted by molar-refractivity contribution is 0.102. The molecule has 26 heavy (non-hydrogen) atoms. The van der Waals surface area contributed by atoms with E-state index < -0.39 is 0 Å². The Kier molecular flexibility index (Phi) is 5.43. The van der Waals surface area contributed by atoms with E-state index in [1.54, 1.807) is 37.4 Å². The molecule has 0 fully saturated rings. The molecule has 1 amide bonds. The molecule has 0 bridgehead atoms. The van der Waals surface area contributed by atoms with Gasteiger partial charge in [0.2, 0.25) is 5.95 Å². The highest BCUT2D eigenvalue weighted by molar-refractivity contribution is 6.03. The van der Waals surface area contributed by atoms with Gasteiger partial charge in [-0.05, 0) is 42.8 Å². The van der Waals surface area contributed by atoms with Crippen LogP contribution in [0.2, 0.25) is 0 Å². The molecule has 6 nitrogen and oxygen atoms in total. The minimum Gasteiger partial charge on any atom is -0.497 e. The highest BCUT2D eigenvalue weighted by Gasteiger charge is 2.11. The van der Waals surface area contributed by atoms with E-state index in [4.69, 9.17) is 4.74 Å². The van der Waals surface area contributed by atoms with E-state index in [0.29, 0.717) is 23.9 Å². The fraction of sp³-hybridized carbons (Fsp3) is 0.150. The van der Waals surface area contributed by atoms with Crippen molar-refractivity contribution in [3.8, 4) is 5.75 Å². The van der Waals surface area contributed by atoms with Gasteiger partial charge in [-0.1, -0.05) is 30.3 Å². The molecule has 0 spiro atoms. The van der Waals surface area contributed by atoms with Crippen LogP contribution in [-0.2, 0) is 6.54 Å². The Bertz CT molecular complexity index is 880. The van der Waals surface area contributed by atoms with Crippen LogP contribution in [0.25, 0.3) is 0 Å². The maximum atomic E-state index is 12.5. The van der Waals surface area contributed by atoms with Crippen molar-refractivity contribution in [2.24, 2.45) is 0 Å². The summed E-state index contributed by atoms with van der Waals surface area (Å²) in [5.41, 5.74) is 2.81. The molecule has 2 N–H and O–H groups in total. The summed E-state index contributed by atoms with van der Waals surface area (Å²) < 4.78 is 5.11. The normalized spacial score (nSPS) is 10.2. The van der Waals surface area contributed by atoms with Gasteiger partial charge in [-0.2, -0.15) is 0 Å². The Morgan fingerprint density at radius 1 is 1.04 bits per heavy atom. The number of nitrogens with one attached hydrogen (secondary N) is 2. The molecule has 0 aliphatic rings. The first kappa shape index (κ1) is 17.4. The number of anilines is 2.